The molecule has 3 heterocycles. The SMILES string of the molecule is O=C(Nc1cccc(Cn2cccn2)c1)N(CCCN1CCOCC1)Cc1ccncc1. The van der Waals surface area contributed by atoms with Gasteiger partial charge in [0.15, 0.2) is 0 Å². The summed E-state index contributed by atoms with van der Waals surface area (Å²) in [5, 5.41) is 7.33. The number of carbonyl (C=O) groups is 1. The molecule has 4 rings (SSSR count). The van der Waals surface area contributed by atoms with Crippen molar-refractivity contribution in [3.63, 3.8) is 0 Å². The fraction of sp³-hybridized carbons (Fsp3) is 0.375. The highest BCUT2D eigenvalue weighted by Crippen LogP contribution is 2.14. The molecule has 1 saturated heterocycles. The molecule has 0 saturated carbocycles. The lowest BCUT2D eigenvalue weighted by molar-refractivity contribution is 0.0365. The van der Waals surface area contributed by atoms with Gasteiger partial charge in [0.05, 0.1) is 19.8 Å². The molecule has 1 aliphatic rings. The summed E-state index contributed by atoms with van der Waals surface area (Å²) in [6.07, 6.45) is 8.13. The number of ether oxygens (including phenoxy) is 1. The van der Waals surface area contributed by atoms with Crippen LogP contribution in [0.1, 0.15) is 17.5 Å². The molecule has 168 valence electrons. The van der Waals surface area contributed by atoms with Crippen LogP contribution < -0.4 is 5.32 Å². The third kappa shape index (κ3) is 6.63. The highest BCUT2D eigenvalue weighted by molar-refractivity contribution is 5.89. The van der Waals surface area contributed by atoms with Crippen LogP contribution in [-0.2, 0) is 17.8 Å². The van der Waals surface area contributed by atoms with Crippen LogP contribution in [0.3, 0.4) is 0 Å². The molecule has 0 unspecified atom stereocenters. The minimum atomic E-state index is -0.0972. The lowest BCUT2D eigenvalue weighted by atomic mass is 10.2. The molecule has 0 aliphatic carbocycles. The maximum Gasteiger partial charge on any atom is 0.322 e. The third-order valence-electron chi connectivity index (χ3n) is 5.50. The molecule has 32 heavy (non-hydrogen) atoms. The molecule has 3 aromatic rings. The number of morpholine rings is 1. The summed E-state index contributed by atoms with van der Waals surface area (Å²) in [5.41, 5.74) is 2.93. The predicted molar refractivity (Wildman–Crippen MR) is 123 cm³/mol. The third-order valence-corrected chi connectivity index (χ3v) is 5.50. The van der Waals surface area contributed by atoms with Crippen molar-refractivity contribution in [2.45, 2.75) is 19.5 Å². The zero-order valence-electron chi connectivity index (χ0n) is 18.3. The van der Waals surface area contributed by atoms with E-state index in [9.17, 15) is 4.79 Å². The Hall–Kier alpha value is -3.23. The number of nitrogens with one attached hydrogen (secondary N) is 1. The Morgan fingerprint density at radius 3 is 2.69 bits per heavy atom. The Kier molecular flexibility index (Phi) is 7.84. The Morgan fingerprint density at radius 2 is 1.91 bits per heavy atom. The molecule has 0 atom stereocenters. The van der Waals surface area contributed by atoms with Gasteiger partial charge in [-0.05, 0) is 47.9 Å². The lowest BCUT2D eigenvalue weighted by Crippen LogP contribution is -2.40. The van der Waals surface area contributed by atoms with Crippen molar-refractivity contribution in [3.05, 3.63) is 78.4 Å². The molecule has 1 aromatic carbocycles. The first kappa shape index (κ1) is 22.0. The number of hydrogen-bond acceptors (Lipinski definition) is 5. The van der Waals surface area contributed by atoms with Crippen LogP contribution in [0, 0.1) is 0 Å². The van der Waals surface area contributed by atoms with E-state index < -0.39 is 0 Å². The second-order valence-corrected chi connectivity index (χ2v) is 7.92. The van der Waals surface area contributed by atoms with E-state index in [4.69, 9.17) is 4.74 Å². The summed E-state index contributed by atoms with van der Waals surface area (Å²) in [6.45, 7) is 6.34. The van der Waals surface area contributed by atoms with Crippen LogP contribution in [0.2, 0.25) is 0 Å². The zero-order chi connectivity index (χ0) is 22.0. The van der Waals surface area contributed by atoms with E-state index in [0.717, 1.165) is 56.1 Å². The van der Waals surface area contributed by atoms with Crippen LogP contribution in [0.4, 0.5) is 10.5 Å². The van der Waals surface area contributed by atoms with Crippen molar-refractivity contribution in [3.8, 4) is 0 Å². The van der Waals surface area contributed by atoms with Crippen LogP contribution in [0.25, 0.3) is 0 Å². The maximum absolute atomic E-state index is 13.2. The van der Waals surface area contributed by atoms with Crippen LogP contribution in [-0.4, -0.2) is 70.0 Å². The minimum Gasteiger partial charge on any atom is -0.379 e. The van der Waals surface area contributed by atoms with Crippen molar-refractivity contribution in [2.24, 2.45) is 0 Å². The molecule has 8 nitrogen and oxygen atoms in total. The van der Waals surface area contributed by atoms with Gasteiger partial charge in [-0.1, -0.05) is 12.1 Å². The van der Waals surface area contributed by atoms with E-state index in [1.807, 2.05) is 58.2 Å². The fourth-order valence-electron chi connectivity index (χ4n) is 3.80. The number of anilines is 1. The van der Waals surface area contributed by atoms with Crippen molar-refractivity contribution in [2.75, 3.05) is 44.7 Å². The average Bonchev–Trinajstić information content (AvgIpc) is 3.33. The van der Waals surface area contributed by atoms with Gasteiger partial charge in [0, 0.05) is 63.2 Å². The van der Waals surface area contributed by atoms with E-state index in [0.29, 0.717) is 19.6 Å². The number of urea groups is 1. The second-order valence-electron chi connectivity index (χ2n) is 7.92. The van der Waals surface area contributed by atoms with Gasteiger partial charge in [0.2, 0.25) is 0 Å². The number of hydrogen-bond donors (Lipinski definition) is 1. The number of nitrogens with zero attached hydrogens (tertiary/aromatic N) is 5. The number of carbonyl (C=O) groups excluding carboxylic acids is 1. The molecule has 8 heteroatoms. The van der Waals surface area contributed by atoms with Crippen LogP contribution in [0.5, 0.6) is 0 Å². The molecule has 0 spiro atoms. The summed E-state index contributed by atoms with van der Waals surface area (Å²) < 4.78 is 7.29. The molecule has 1 fully saturated rings. The number of aromatic nitrogens is 3. The van der Waals surface area contributed by atoms with Gasteiger partial charge in [-0.3, -0.25) is 14.6 Å². The normalized spacial score (nSPS) is 14.2. The Balaban J connectivity index is 1.38. The van der Waals surface area contributed by atoms with E-state index >= 15 is 0 Å². The molecule has 0 bridgehead atoms. The molecular weight excluding hydrogens is 404 g/mol. The number of amides is 2. The summed E-state index contributed by atoms with van der Waals surface area (Å²) in [6, 6.07) is 13.6. The minimum absolute atomic E-state index is 0.0972. The van der Waals surface area contributed by atoms with Gasteiger partial charge in [0.1, 0.15) is 0 Å². The van der Waals surface area contributed by atoms with E-state index in [-0.39, 0.29) is 6.03 Å². The smallest absolute Gasteiger partial charge is 0.322 e. The number of benzene rings is 1. The van der Waals surface area contributed by atoms with Crippen molar-refractivity contribution < 1.29 is 9.53 Å². The van der Waals surface area contributed by atoms with Crippen molar-refractivity contribution >= 4 is 11.7 Å². The van der Waals surface area contributed by atoms with Gasteiger partial charge in [-0.25, -0.2) is 4.79 Å². The van der Waals surface area contributed by atoms with Crippen molar-refractivity contribution in [1.29, 1.82) is 0 Å². The lowest BCUT2D eigenvalue weighted by Gasteiger charge is -2.28. The highest BCUT2D eigenvalue weighted by Gasteiger charge is 2.16. The molecule has 0 radical (unpaired) electrons. The largest absolute Gasteiger partial charge is 0.379 e. The Labute approximate surface area is 188 Å². The van der Waals surface area contributed by atoms with E-state index in [1.165, 1.54) is 0 Å². The second kappa shape index (κ2) is 11.4. The van der Waals surface area contributed by atoms with Gasteiger partial charge in [-0.2, -0.15) is 5.10 Å². The van der Waals surface area contributed by atoms with Crippen molar-refractivity contribution in [1.82, 2.24) is 24.6 Å². The average molecular weight is 435 g/mol. The zero-order valence-corrected chi connectivity index (χ0v) is 18.3. The molecule has 1 N–H and O–H groups in total. The molecule has 1 aliphatic heterocycles. The van der Waals surface area contributed by atoms with Gasteiger partial charge in [-0.15, -0.1) is 0 Å². The standard InChI is InChI=1S/C24H30N6O2/c31-24(27-23-5-1-4-22(18-23)20-30-13-2-8-26-30)29(19-21-6-9-25-10-7-21)12-3-11-28-14-16-32-17-15-28/h1-2,4-10,13,18H,3,11-12,14-17,19-20H2,(H,27,31). The summed E-state index contributed by atoms with van der Waals surface area (Å²) >= 11 is 0. The van der Waals surface area contributed by atoms with E-state index in [1.54, 1.807) is 18.6 Å². The Bertz CT molecular complexity index is 958. The molecule has 2 aromatic heterocycles. The van der Waals surface area contributed by atoms with Gasteiger partial charge in [0.25, 0.3) is 0 Å². The monoisotopic (exact) mass is 434 g/mol. The molecular formula is C24H30N6O2. The van der Waals surface area contributed by atoms with E-state index in [2.05, 4.69) is 20.3 Å². The first-order valence-electron chi connectivity index (χ1n) is 11.1. The number of rotatable bonds is 9. The predicted octanol–water partition coefficient (Wildman–Crippen LogP) is 3.08. The topological polar surface area (TPSA) is 75.5 Å². The van der Waals surface area contributed by atoms with Crippen LogP contribution >= 0.6 is 0 Å². The summed E-state index contributed by atoms with van der Waals surface area (Å²) in [7, 11) is 0. The first-order chi connectivity index (χ1) is 15.8. The highest BCUT2D eigenvalue weighted by atomic mass is 16.5. The van der Waals surface area contributed by atoms with Gasteiger partial charge >= 0.3 is 6.03 Å². The quantitative estimate of drug-likeness (QED) is 0.560. The number of pyridine rings is 1. The summed E-state index contributed by atoms with van der Waals surface area (Å²) in [4.78, 5) is 21.5. The van der Waals surface area contributed by atoms with Gasteiger partial charge < -0.3 is 15.0 Å². The summed E-state index contributed by atoms with van der Waals surface area (Å²) in [5.74, 6) is 0. The maximum atomic E-state index is 13.2. The Morgan fingerprint density at radius 1 is 1.06 bits per heavy atom. The fourth-order valence-corrected chi connectivity index (χ4v) is 3.80. The first-order valence-corrected chi connectivity index (χ1v) is 11.1. The molecule has 2 amide bonds. The van der Waals surface area contributed by atoms with Crippen LogP contribution in [0.15, 0.2) is 67.3 Å².